The van der Waals surface area contributed by atoms with Crippen molar-refractivity contribution in [3.05, 3.63) is 101 Å². The Kier molecular flexibility index (Phi) is 6.39. The first-order valence-electron chi connectivity index (χ1n) is 13.0. The van der Waals surface area contributed by atoms with Gasteiger partial charge in [0.15, 0.2) is 0 Å². The van der Waals surface area contributed by atoms with Crippen molar-refractivity contribution in [2.45, 2.75) is 39.7 Å². The fraction of sp³-hybridized carbons (Fsp3) is 0.250. The van der Waals surface area contributed by atoms with Crippen molar-refractivity contribution in [1.82, 2.24) is 14.9 Å². The maximum absolute atomic E-state index is 12.7. The molecule has 0 saturated carbocycles. The van der Waals surface area contributed by atoms with Crippen LogP contribution in [-0.2, 0) is 24.2 Å². The zero-order valence-corrected chi connectivity index (χ0v) is 22.1. The van der Waals surface area contributed by atoms with E-state index in [2.05, 4.69) is 89.9 Å². The van der Waals surface area contributed by atoms with Crippen LogP contribution in [0.4, 0.5) is 0 Å². The first-order valence-corrected chi connectivity index (χ1v) is 13.9. The number of hydrogen-bond acceptors (Lipinski definition) is 3. The number of carbonyl (C=O) groups excluding carboxylic acids is 1. The van der Waals surface area contributed by atoms with Crippen molar-refractivity contribution in [2.75, 3.05) is 6.54 Å². The maximum Gasteiger partial charge on any atom is 0.224 e. The second kappa shape index (κ2) is 9.98. The van der Waals surface area contributed by atoms with Crippen molar-refractivity contribution in [1.29, 1.82) is 0 Å². The molecule has 6 rings (SSSR count). The second-order valence-electron chi connectivity index (χ2n) is 10.1. The highest BCUT2D eigenvalue weighted by molar-refractivity contribution is 7.17. The predicted octanol–water partition coefficient (Wildman–Crippen LogP) is 6.97. The molecule has 0 fully saturated rings. The molecule has 2 aromatic heterocycles. The lowest BCUT2D eigenvalue weighted by Crippen LogP contribution is -2.34. The van der Waals surface area contributed by atoms with E-state index in [-0.39, 0.29) is 5.91 Å². The summed E-state index contributed by atoms with van der Waals surface area (Å²) in [4.78, 5) is 17.7. The second-order valence-corrected chi connectivity index (χ2v) is 11.0. The van der Waals surface area contributed by atoms with Gasteiger partial charge in [-0.1, -0.05) is 60.7 Å². The van der Waals surface area contributed by atoms with E-state index in [9.17, 15) is 4.79 Å². The summed E-state index contributed by atoms with van der Waals surface area (Å²) in [6.07, 6.45) is 4.62. The van der Waals surface area contributed by atoms with Gasteiger partial charge in [-0.15, -0.1) is 11.3 Å². The van der Waals surface area contributed by atoms with Gasteiger partial charge in [0.05, 0.1) is 12.1 Å². The molecule has 1 aliphatic rings. The number of rotatable bonds is 6. The van der Waals surface area contributed by atoms with Crippen LogP contribution in [0.5, 0.6) is 0 Å². The first-order chi connectivity index (χ1) is 18.1. The van der Waals surface area contributed by atoms with Crippen LogP contribution in [0.3, 0.4) is 0 Å². The summed E-state index contributed by atoms with van der Waals surface area (Å²) in [7, 11) is 0. The van der Waals surface area contributed by atoms with Crippen molar-refractivity contribution in [2.24, 2.45) is 5.92 Å². The predicted molar refractivity (Wildman–Crippen MR) is 153 cm³/mol. The lowest BCUT2D eigenvalue weighted by atomic mass is 9.93. The quantitative estimate of drug-likeness (QED) is 0.271. The van der Waals surface area contributed by atoms with Gasteiger partial charge in [0, 0.05) is 36.0 Å². The van der Waals surface area contributed by atoms with E-state index >= 15 is 0 Å². The number of hydrogen-bond donors (Lipinski definition) is 1. The molecule has 186 valence electrons. The molecular formula is C32H31N3OS. The molecule has 5 heteroatoms. The topological polar surface area (TPSA) is 46.9 Å². The zero-order chi connectivity index (χ0) is 25.4. The lowest BCUT2D eigenvalue weighted by molar-refractivity contribution is -0.120. The van der Waals surface area contributed by atoms with E-state index in [4.69, 9.17) is 4.98 Å². The normalized spacial score (nSPS) is 15.0. The minimum absolute atomic E-state index is 0.102. The number of fused-ring (bicyclic) bond motifs is 2. The van der Waals surface area contributed by atoms with Crippen molar-refractivity contribution >= 4 is 27.3 Å². The number of carbonyl (C=O) groups is 1. The van der Waals surface area contributed by atoms with Gasteiger partial charge in [-0.25, -0.2) is 4.98 Å². The third kappa shape index (κ3) is 4.72. The molecule has 4 nitrogen and oxygen atoms in total. The molecule has 1 atom stereocenters. The Morgan fingerprint density at radius 3 is 2.62 bits per heavy atom. The molecule has 3 aromatic carbocycles. The molecule has 1 N–H and O–H groups in total. The van der Waals surface area contributed by atoms with Crippen LogP contribution in [0.25, 0.3) is 32.5 Å². The monoisotopic (exact) mass is 505 g/mol. The number of aromatic nitrogens is 2. The highest BCUT2D eigenvalue weighted by atomic mass is 32.1. The van der Waals surface area contributed by atoms with E-state index in [0.29, 0.717) is 18.9 Å². The summed E-state index contributed by atoms with van der Waals surface area (Å²) in [5.74, 6) is 1.66. The summed E-state index contributed by atoms with van der Waals surface area (Å²) in [6, 6.07) is 23.3. The van der Waals surface area contributed by atoms with Crippen LogP contribution in [0.2, 0.25) is 0 Å². The number of imidazole rings is 1. The number of nitrogens with zero attached hydrogens (tertiary/aromatic N) is 2. The Morgan fingerprint density at radius 1 is 1.00 bits per heavy atom. The fourth-order valence-corrected chi connectivity index (χ4v) is 6.47. The molecule has 5 aromatic rings. The van der Waals surface area contributed by atoms with Gasteiger partial charge >= 0.3 is 0 Å². The highest BCUT2D eigenvalue weighted by Crippen LogP contribution is 2.33. The third-order valence-electron chi connectivity index (χ3n) is 7.74. The van der Waals surface area contributed by atoms with E-state index in [0.717, 1.165) is 36.5 Å². The number of aryl methyl sites for hydroxylation is 1. The van der Waals surface area contributed by atoms with Gasteiger partial charge in [0.2, 0.25) is 5.91 Å². The fourth-order valence-electron chi connectivity index (χ4n) is 5.50. The van der Waals surface area contributed by atoms with E-state index in [1.54, 1.807) is 11.3 Å². The van der Waals surface area contributed by atoms with E-state index in [1.165, 1.54) is 37.9 Å². The van der Waals surface area contributed by atoms with Gasteiger partial charge in [0.25, 0.3) is 0 Å². The highest BCUT2D eigenvalue weighted by Gasteiger charge is 2.22. The third-order valence-corrected chi connectivity index (χ3v) is 8.75. The molecule has 1 unspecified atom stereocenters. The molecule has 37 heavy (non-hydrogen) atoms. The summed E-state index contributed by atoms with van der Waals surface area (Å²) < 4.78 is 3.53. The Balaban J connectivity index is 1.12. The SMILES string of the molecule is Cc1c(-c2ccccc2)ccc(-c2cn3c(n2)CCC(CNC(=O)Cc2csc4ccccc24)C3)c1C. The number of thiophene rings is 1. The number of nitrogens with one attached hydrogen (secondary N) is 1. The summed E-state index contributed by atoms with van der Waals surface area (Å²) in [5, 5.41) is 6.50. The van der Waals surface area contributed by atoms with Gasteiger partial charge in [-0.3, -0.25) is 4.79 Å². The molecule has 3 heterocycles. The Bertz CT molecular complexity index is 1580. The molecule has 1 aliphatic heterocycles. The molecule has 0 saturated heterocycles. The van der Waals surface area contributed by atoms with Crippen LogP contribution in [0.1, 0.15) is 28.9 Å². The lowest BCUT2D eigenvalue weighted by Gasteiger charge is -2.23. The Labute approximate surface area is 222 Å². The zero-order valence-electron chi connectivity index (χ0n) is 21.3. The Hall–Kier alpha value is -3.70. The average Bonchev–Trinajstić information content (AvgIpc) is 3.53. The number of amides is 1. The molecule has 0 spiro atoms. The van der Waals surface area contributed by atoms with Crippen molar-refractivity contribution in [3.63, 3.8) is 0 Å². The number of benzene rings is 3. The minimum Gasteiger partial charge on any atom is -0.355 e. The molecule has 0 bridgehead atoms. The summed E-state index contributed by atoms with van der Waals surface area (Å²) in [6.45, 7) is 6.00. The summed E-state index contributed by atoms with van der Waals surface area (Å²) >= 11 is 1.71. The van der Waals surface area contributed by atoms with Crippen LogP contribution in [-0.4, -0.2) is 22.0 Å². The van der Waals surface area contributed by atoms with Crippen molar-refractivity contribution in [3.8, 4) is 22.4 Å². The standard InChI is InChI=1S/C32H31N3OS/c1-21-22(2)27(14-13-26(21)24-8-4-3-5-9-24)29-19-35-18-23(12-15-31(35)34-29)17-33-32(36)16-25-20-37-30-11-7-6-10-28(25)30/h3-11,13-14,19-20,23H,12,15-18H2,1-2H3,(H,33,36). The van der Waals surface area contributed by atoms with Gasteiger partial charge in [-0.05, 0) is 70.8 Å². The average molecular weight is 506 g/mol. The molecule has 1 amide bonds. The molecule has 0 radical (unpaired) electrons. The summed E-state index contributed by atoms with van der Waals surface area (Å²) in [5.41, 5.74) is 8.46. The largest absolute Gasteiger partial charge is 0.355 e. The molecule has 0 aliphatic carbocycles. The van der Waals surface area contributed by atoms with Gasteiger partial charge < -0.3 is 9.88 Å². The van der Waals surface area contributed by atoms with Crippen LogP contribution in [0, 0.1) is 19.8 Å². The minimum atomic E-state index is 0.102. The van der Waals surface area contributed by atoms with Gasteiger partial charge in [-0.2, -0.15) is 0 Å². The smallest absolute Gasteiger partial charge is 0.224 e. The molecular weight excluding hydrogens is 474 g/mol. The maximum atomic E-state index is 12.7. The van der Waals surface area contributed by atoms with Crippen LogP contribution in [0.15, 0.2) is 78.3 Å². The first kappa shape index (κ1) is 23.7. The van der Waals surface area contributed by atoms with E-state index < -0.39 is 0 Å². The van der Waals surface area contributed by atoms with E-state index in [1.807, 2.05) is 12.1 Å². The van der Waals surface area contributed by atoms with Gasteiger partial charge in [0.1, 0.15) is 5.82 Å². The van der Waals surface area contributed by atoms with Crippen LogP contribution < -0.4 is 5.32 Å². The van der Waals surface area contributed by atoms with Crippen LogP contribution >= 0.6 is 11.3 Å². The Morgan fingerprint density at radius 2 is 1.76 bits per heavy atom. The van der Waals surface area contributed by atoms with Crippen molar-refractivity contribution < 1.29 is 4.79 Å².